The standard InChI is InChI=1S/C9H8Cl2NOP/c1-6-9(14(10,11)13)7-4-2-3-5-8(7)12-6/h2-5,12H,1H3. The van der Waals surface area contributed by atoms with Gasteiger partial charge >= 0.3 is 0 Å². The number of aromatic nitrogens is 1. The van der Waals surface area contributed by atoms with Gasteiger partial charge in [0.2, 0.25) is 0 Å². The first-order chi connectivity index (χ1) is 6.50. The highest BCUT2D eigenvalue weighted by Crippen LogP contribution is 2.57. The zero-order valence-corrected chi connectivity index (χ0v) is 9.83. The van der Waals surface area contributed by atoms with E-state index in [0.29, 0.717) is 5.30 Å². The number of rotatable bonds is 1. The number of hydrogen-bond acceptors (Lipinski definition) is 1. The van der Waals surface area contributed by atoms with Crippen LogP contribution in [0.1, 0.15) is 5.69 Å². The Bertz CT molecular complexity index is 529. The number of nitrogens with one attached hydrogen (secondary N) is 1. The van der Waals surface area contributed by atoms with Crippen LogP contribution in [0.5, 0.6) is 0 Å². The predicted molar refractivity (Wildman–Crippen MR) is 62.0 cm³/mol. The van der Waals surface area contributed by atoms with E-state index in [-0.39, 0.29) is 0 Å². The summed E-state index contributed by atoms with van der Waals surface area (Å²) in [4.78, 5) is 3.09. The molecule has 0 atom stereocenters. The van der Waals surface area contributed by atoms with E-state index in [0.717, 1.165) is 16.6 Å². The molecule has 0 saturated heterocycles. The van der Waals surface area contributed by atoms with Crippen molar-refractivity contribution in [2.75, 3.05) is 0 Å². The molecule has 0 aliphatic carbocycles. The lowest BCUT2D eigenvalue weighted by Gasteiger charge is -2.00. The highest BCUT2D eigenvalue weighted by molar-refractivity contribution is 8.13. The topological polar surface area (TPSA) is 32.9 Å². The minimum atomic E-state index is -3.24. The largest absolute Gasteiger partial charge is 0.358 e. The van der Waals surface area contributed by atoms with Crippen LogP contribution >= 0.6 is 28.3 Å². The van der Waals surface area contributed by atoms with Crippen molar-refractivity contribution in [2.24, 2.45) is 0 Å². The lowest BCUT2D eigenvalue weighted by molar-refractivity contribution is 0.597. The van der Waals surface area contributed by atoms with Crippen molar-refractivity contribution in [1.82, 2.24) is 4.98 Å². The van der Waals surface area contributed by atoms with Crippen LogP contribution in [0.25, 0.3) is 10.9 Å². The molecule has 0 unspecified atom stereocenters. The second-order valence-corrected chi connectivity index (χ2v) is 7.85. The van der Waals surface area contributed by atoms with Crippen LogP contribution in [-0.4, -0.2) is 4.98 Å². The summed E-state index contributed by atoms with van der Waals surface area (Å²) in [6.45, 7) is 1.81. The van der Waals surface area contributed by atoms with Crippen molar-refractivity contribution in [3.05, 3.63) is 30.0 Å². The molecule has 2 aromatic rings. The normalized spacial score (nSPS) is 12.2. The highest BCUT2D eigenvalue weighted by Gasteiger charge is 2.24. The Labute approximate surface area is 91.2 Å². The van der Waals surface area contributed by atoms with Crippen LogP contribution < -0.4 is 5.30 Å². The second kappa shape index (κ2) is 3.30. The van der Waals surface area contributed by atoms with Gasteiger partial charge in [0, 0.05) is 16.6 Å². The fraction of sp³-hybridized carbons (Fsp3) is 0.111. The molecule has 5 heteroatoms. The van der Waals surface area contributed by atoms with E-state index >= 15 is 0 Å². The fourth-order valence-corrected chi connectivity index (χ4v) is 3.83. The van der Waals surface area contributed by atoms with Crippen LogP contribution in [-0.2, 0) is 4.57 Å². The van der Waals surface area contributed by atoms with Crippen LogP contribution in [0.4, 0.5) is 0 Å². The lowest BCUT2D eigenvalue weighted by Crippen LogP contribution is -1.99. The average molecular weight is 248 g/mol. The number of aromatic amines is 1. The smallest absolute Gasteiger partial charge is 0.284 e. The van der Waals surface area contributed by atoms with Crippen molar-refractivity contribution in [3.63, 3.8) is 0 Å². The van der Waals surface area contributed by atoms with Gasteiger partial charge in [-0.1, -0.05) is 18.2 Å². The zero-order chi connectivity index (χ0) is 10.3. The summed E-state index contributed by atoms with van der Waals surface area (Å²) < 4.78 is 11.6. The van der Waals surface area contributed by atoms with Crippen molar-refractivity contribution in [2.45, 2.75) is 6.92 Å². The van der Waals surface area contributed by atoms with Gasteiger partial charge in [0.1, 0.15) is 0 Å². The van der Waals surface area contributed by atoms with Gasteiger partial charge in [-0.2, -0.15) is 0 Å². The maximum atomic E-state index is 11.6. The third kappa shape index (κ3) is 1.58. The summed E-state index contributed by atoms with van der Waals surface area (Å²) in [6, 6.07) is 7.51. The summed E-state index contributed by atoms with van der Waals surface area (Å²) >= 11 is 11.4. The lowest BCUT2D eigenvalue weighted by atomic mass is 10.2. The van der Waals surface area contributed by atoms with Crippen LogP contribution in [0.2, 0.25) is 0 Å². The molecule has 1 N–H and O–H groups in total. The first-order valence-corrected chi connectivity index (χ1v) is 7.59. The highest BCUT2D eigenvalue weighted by atomic mass is 35.9. The Hall–Kier alpha value is -0.430. The fourth-order valence-electron chi connectivity index (χ4n) is 1.60. The van der Waals surface area contributed by atoms with Gasteiger partial charge in [0.15, 0.2) is 0 Å². The molecule has 2 nitrogen and oxygen atoms in total. The van der Waals surface area contributed by atoms with E-state index in [4.69, 9.17) is 22.5 Å². The Morgan fingerprint density at radius 1 is 1.29 bits per heavy atom. The van der Waals surface area contributed by atoms with Gasteiger partial charge in [0.25, 0.3) is 5.85 Å². The maximum Gasteiger partial charge on any atom is 0.284 e. The van der Waals surface area contributed by atoms with Crippen LogP contribution in [0.15, 0.2) is 24.3 Å². The van der Waals surface area contributed by atoms with Gasteiger partial charge < -0.3 is 4.98 Å². The molecule has 1 aromatic carbocycles. The Kier molecular flexibility index (Phi) is 2.38. The average Bonchev–Trinajstić information content (AvgIpc) is 2.38. The minimum absolute atomic E-state index is 0.524. The predicted octanol–water partition coefficient (Wildman–Crippen LogP) is 3.77. The molecule has 0 amide bonds. The van der Waals surface area contributed by atoms with Gasteiger partial charge in [0.05, 0.1) is 5.30 Å². The molecule has 0 aliphatic heterocycles. The molecule has 2 rings (SSSR count). The van der Waals surface area contributed by atoms with Crippen molar-refractivity contribution in [1.29, 1.82) is 0 Å². The van der Waals surface area contributed by atoms with Crippen molar-refractivity contribution < 1.29 is 4.57 Å². The first-order valence-electron chi connectivity index (χ1n) is 4.07. The third-order valence-corrected chi connectivity index (χ3v) is 4.23. The Morgan fingerprint density at radius 2 is 1.93 bits per heavy atom. The summed E-state index contributed by atoms with van der Waals surface area (Å²) in [6.07, 6.45) is 0. The van der Waals surface area contributed by atoms with Gasteiger partial charge in [-0.05, 0) is 35.5 Å². The molecule has 0 saturated carbocycles. The number of hydrogen-bond donors (Lipinski definition) is 1. The Morgan fingerprint density at radius 3 is 2.57 bits per heavy atom. The molecule has 0 spiro atoms. The summed E-state index contributed by atoms with van der Waals surface area (Å²) in [5, 5.41) is 1.36. The van der Waals surface area contributed by atoms with Crippen LogP contribution in [0.3, 0.4) is 0 Å². The van der Waals surface area contributed by atoms with Crippen molar-refractivity contribution in [3.8, 4) is 0 Å². The number of H-pyrrole nitrogens is 1. The van der Waals surface area contributed by atoms with Gasteiger partial charge in [-0.15, -0.1) is 0 Å². The van der Waals surface area contributed by atoms with E-state index in [2.05, 4.69) is 4.98 Å². The van der Waals surface area contributed by atoms with Crippen LogP contribution in [0, 0.1) is 6.92 Å². The molecular weight excluding hydrogens is 240 g/mol. The summed E-state index contributed by atoms with van der Waals surface area (Å²) in [5.74, 6) is -3.24. The number of benzene rings is 1. The zero-order valence-electron chi connectivity index (χ0n) is 7.42. The number of fused-ring (bicyclic) bond motifs is 1. The maximum absolute atomic E-state index is 11.6. The molecule has 0 aliphatic rings. The number of para-hydroxylation sites is 1. The molecular formula is C9H8Cl2NOP. The third-order valence-electron chi connectivity index (χ3n) is 2.12. The molecule has 74 valence electrons. The van der Waals surface area contributed by atoms with Crippen molar-refractivity contribution >= 4 is 44.5 Å². The number of aryl methyl sites for hydroxylation is 1. The van der Waals surface area contributed by atoms with Gasteiger partial charge in [-0.3, -0.25) is 4.57 Å². The molecule has 1 aromatic heterocycles. The van der Waals surface area contributed by atoms with E-state index in [9.17, 15) is 4.57 Å². The molecule has 0 fully saturated rings. The SMILES string of the molecule is Cc1[nH]c2ccccc2c1P(=O)(Cl)Cl. The Balaban J connectivity index is 2.88. The molecule has 0 bridgehead atoms. The molecule has 0 radical (unpaired) electrons. The summed E-state index contributed by atoms with van der Waals surface area (Å²) in [5.41, 5.74) is 1.67. The van der Waals surface area contributed by atoms with E-state index in [1.807, 2.05) is 31.2 Å². The quantitative estimate of drug-likeness (QED) is 0.765. The summed E-state index contributed by atoms with van der Waals surface area (Å²) in [7, 11) is 0. The van der Waals surface area contributed by atoms with E-state index in [1.54, 1.807) is 0 Å². The minimum Gasteiger partial charge on any atom is -0.358 e. The second-order valence-electron chi connectivity index (χ2n) is 3.11. The van der Waals surface area contributed by atoms with E-state index in [1.165, 1.54) is 0 Å². The first kappa shape index (κ1) is 10.1. The van der Waals surface area contributed by atoms with E-state index < -0.39 is 5.85 Å². The number of halogens is 2. The molecule has 14 heavy (non-hydrogen) atoms. The monoisotopic (exact) mass is 247 g/mol. The van der Waals surface area contributed by atoms with Gasteiger partial charge in [-0.25, -0.2) is 0 Å². The molecule has 1 heterocycles.